The molecule has 21 heavy (non-hydrogen) atoms. The molecule has 0 fully saturated rings. The second-order valence-electron chi connectivity index (χ2n) is 1.96. The van der Waals surface area contributed by atoms with Gasteiger partial charge in [-0.2, -0.15) is 0 Å². The molecule has 0 bridgehead atoms. The Morgan fingerprint density at radius 2 is 0.429 bits per heavy atom. The van der Waals surface area contributed by atoms with Gasteiger partial charge in [0.05, 0.1) is 0 Å². The Hall–Kier alpha value is 1.32. The van der Waals surface area contributed by atoms with Crippen LogP contribution >= 0.6 is 31.3 Å². The van der Waals surface area contributed by atoms with Crippen LogP contribution in [0, 0.1) is 0 Å². The van der Waals surface area contributed by atoms with Crippen LogP contribution < -0.4 is 19.6 Å². The van der Waals surface area contributed by atoms with Crippen LogP contribution in [-0.2, 0) is 44.5 Å². The molecule has 0 aliphatic carbocycles. The Bertz CT molecular complexity index is 285. The van der Waals surface area contributed by atoms with E-state index in [0.29, 0.717) is 0 Å². The number of phosphoric acid groups is 4. The molecule has 0 saturated heterocycles. The van der Waals surface area contributed by atoms with Gasteiger partial charge in [0, 0.05) is 0 Å². The van der Waals surface area contributed by atoms with Gasteiger partial charge in [0.1, 0.15) is 0 Å². The molecule has 0 atom stereocenters. The maximum Gasteiger partial charge on any atom is 4.00 e. The fourth-order valence-corrected chi connectivity index (χ4v) is 0. The Morgan fingerprint density at radius 1 is 0.429 bits per heavy atom. The normalized spacial score (nSPS) is 11.2. The Labute approximate surface area is 134 Å². The van der Waals surface area contributed by atoms with Gasteiger partial charge in [0.25, 0.3) is 31.3 Å². The average molecular weight is 479 g/mol. The molecule has 0 aromatic rings. The number of rotatable bonds is 0. The topological polar surface area (TPSA) is 322 Å². The van der Waals surface area contributed by atoms with Crippen LogP contribution in [-0.4, -0.2) is 39.1 Å². The zero-order valence-corrected chi connectivity index (χ0v) is 15.2. The molecule has 0 rings (SSSR count). The third kappa shape index (κ3) is 4550. The SMILES string of the molecule is O=P([O-])(O)O.O=P([O-])(O)O.O=P([O-])(O)O.O=P([O-])(O)O.[Zr+4]. The molecule has 0 aliphatic rings. The first kappa shape index (κ1) is 33.8. The molecule has 21 heteroatoms. The van der Waals surface area contributed by atoms with Crippen LogP contribution in [0.25, 0.3) is 0 Å². The van der Waals surface area contributed by atoms with Gasteiger partial charge < -0.3 is 58.7 Å². The predicted octanol–water partition coefficient (Wildman–Crippen LogP) is -6.24. The van der Waals surface area contributed by atoms with Crippen molar-refractivity contribution in [3.05, 3.63) is 0 Å². The maximum atomic E-state index is 8.77. The Balaban J connectivity index is -0.0000000533. The molecule has 0 amide bonds. The van der Waals surface area contributed by atoms with Gasteiger partial charge in [-0.05, 0) is 0 Å². The molecule has 128 valence electrons. The largest absolute Gasteiger partial charge is 4.00 e. The molecule has 0 radical (unpaired) electrons. The predicted molar refractivity (Wildman–Crippen MR) is 48.2 cm³/mol. The monoisotopic (exact) mass is 478 g/mol. The zero-order chi connectivity index (χ0) is 18.0. The van der Waals surface area contributed by atoms with E-state index in [-0.39, 0.29) is 26.2 Å². The molecular weight excluding hydrogens is 471 g/mol. The first-order valence-electron chi connectivity index (χ1n) is 3.06. The van der Waals surface area contributed by atoms with E-state index in [1.165, 1.54) is 0 Å². The molecule has 0 unspecified atom stereocenters. The molecule has 0 heterocycles. The summed E-state index contributed by atoms with van der Waals surface area (Å²) in [6, 6.07) is 0. The smallest absolute Gasteiger partial charge is 0.756 e. The van der Waals surface area contributed by atoms with Crippen molar-refractivity contribution >= 4 is 31.3 Å². The summed E-state index contributed by atoms with van der Waals surface area (Å²) in [7, 11) is -19.6. The van der Waals surface area contributed by atoms with Crippen LogP contribution in [0.2, 0.25) is 0 Å². The van der Waals surface area contributed by atoms with E-state index in [9.17, 15) is 0 Å². The van der Waals surface area contributed by atoms with E-state index in [4.69, 9.17) is 77.0 Å². The Kier molecular flexibility index (Phi) is 22.1. The zero-order valence-electron chi connectivity index (χ0n) is 9.13. The van der Waals surface area contributed by atoms with E-state index in [1.807, 2.05) is 0 Å². The molecule has 16 nitrogen and oxygen atoms in total. The minimum Gasteiger partial charge on any atom is -0.756 e. The summed E-state index contributed by atoms with van der Waals surface area (Å²) in [5, 5.41) is 0. The summed E-state index contributed by atoms with van der Waals surface area (Å²) in [4.78, 5) is 91.7. The Morgan fingerprint density at radius 3 is 0.429 bits per heavy atom. The van der Waals surface area contributed by atoms with Crippen LogP contribution in [0.15, 0.2) is 0 Å². The standard InChI is InChI=1S/4H3O4P.Zr/c4*1-5(2,3)4;/h4*(H3,1,2,3,4);/q;;;;+4/p-4. The van der Waals surface area contributed by atoms with Crippen LogP contribution in [0.5, 0.6) is 0 Å². The molecule has 0 aliphatic heterocycles. The van der Waals surface area contributed by atoms with Gasteiger partial charge in [-0.3, -0.25) is 18.3 Å². The van der Waals surface area contributed by atoms with Crippen molar-refractivity contribution in [1.82, 2.24) is 0 Å². The quantitative estimate of drug-likeness (QED) is 0.150. The second-order valence-corrected chi connectivity index (χ2v) is 5.89. The fraction of sp³-hybridized carbons (Fsp3) is 0. The summed E-state index contributed by atoms with van der Waals surface area (Å²) < 4.78 is 35.1. The third-order valence-corrected chi connectivity index (χ3v) is 0. The molecule has 0 aromatic carbocycles. The molecule has 0 aromatic heterocycles. The van der Waals surface area contributed by atoms with E-state index < -0.39 is 31.3 Å². The summed E-state index contributed by atoms with van der Waals surface area (Å²) in [6.45, 7) is 0. The van der Waals surface area contributed by atoms with Crippen LogP contribution in [0.4, 0.5) is 0 Å². The van der Waals surface area contributed by atoms with Crippen molar-refractivity contribution in [2.75, 3.05) is 0 Å². The van der Waals surface area contributed by atoms with Gasteiger partial charge in [-0.15, -0.1) is 0 Å². The molecule has 0 saturated carbocycles. The van der Waals surface area contributed by atoms with E-state index >= 15 is 0 Å². The van der Waals surface area contributed by atoms with Crippen molar-refractivity contribution in [2.45, 2.75) is 0 Å². The van der Waals surface area contributed by atoms with Crippen molar-refractivity contribution in [1.29, 1.82) is 0 Å². The van der Waals surface area contributed by atoms with Gasteiger partial charge in [-0.1, -0.05) is 0 Å². The molecular formula is H8O16P4Zr. The van der Waals surface area contributed by atoms with Crippen molar-refractivity contribution < 1.29 is 103 Å². The van der Waals surface area contributed by atoms with Gasteiger partial charge in [-0.25, -0.2) is 0 Å². The summed E-state index contributed by atoms with van der Waals surface area (Å²) >= 11 is 0. The average Bonchev–Trinajstić information content (AvgIpc) is 1.62. The summed E-state index contributed by atoms with van der Waals surface area (Å²) in [5.74, 6) is 0. The van der Waals surface area contributed by atoms with Crippen LogP contribution in [0.1, 0.15) is 0 Å². The second kappa shape index (κ2) is 13.7. The van der Waals surface area contributed by atoms with Gasteiger partial charge >= 0.3 is 26.2 Å². The third-order valence-electron chi connectivity index (χ3n) is 0. The van der Waals surface area contributed by atoms with Crippen molar-refractivity contribution in [3.8, 4) is 0 Å². The molecule has 8 N–H and O–H groups in total. The minimum absolute atomic E-state index is 0. The van der Waals surface area contributed by atoms with Gasteiger partial charge in [0.15, 0.2) is 0 Å². The van der Waals surface area contributed by atoms with Gasteiger partial charge in [0.2, 0.25) is 0 Å². The molecule has 0 spiro atoms. The van der Waals surface area contributed by atoms with Crippen molar-refractivity contribution in [3.63, 3.8) is 0 Å². The summed E-state index contributed by atoms with van der Waals surface area (Å²) in [5.41, 5.74) is 0. The van der Waals surface area contributed by atoms with E-state index in [1.54, 1.807) is 0 Å². The number of hydrogen-bond donors (Lipinski definition) is 8. The van der Waals surface area contributed by atoms with E-state index in [0.717, 1.165) is 0 Å². The first-order chi connectivity index (χ1) is 8.00. The maximum absolute atomic E-state index is 8.77. The van der Waals surface area contributed by atoms with E-state index in [2.05, 4.69) is 0 Å². The van der Waals surface area contributed by atoms with Crippen LogP contribution in [0.3, 0.4) is 0 Å². The van der Waals surface area contributed by atoms with Crippen molar-refractivity contribution in [2.24, 2.45) is 0 Å². The fourth-order valence-electron chi connectivity index (χ4n) is 0. The first-order valence-corrected chi connectivity index (χ1v) is 9.18. The summed E-state index contributed by atoms with van der Waals surface area (Å²) in [6.07, 6.45) is 0. The number of hydrogen-bond acceptors (Lipinski definition) is 8. The minimum atomic E-state index is -4.89.